The van der Waals surface area contributed by atoms with Gasteiger partial charge in [0.2, 0.25) is 0 Å². The molecule has 0 aliphatic carbocycles. The zero-order valence-electron chi connectivity index (χ0n) is 8.39. The van der Waals surface area contributed by atoms with E-state index in [-0.39, 0.29) is 6.61 Å². The quantitative estimate of drug-likeness (QED) is 0.666. The van der Waals surface area contributed by atoms with E-state index in [9.17, 15) is 4.79 Å². The summed E-state index contributed by atoms with van der Waals surface area (Å²) in [6.45, 7) is 0.163. The zero-order chi connectivity index (χ0) is 11.3. The second-order valence-electron chi connectivity index (χ2n) is 3.38. The van der Waals surface area contributed by atoms with Gasteiger partial charge in [0, 0.05) is 6.61 Å². The third-order valence-electron chi connectivity index (χ3n) is 2.23. The summed E-state index contributed by atoms with van der Waals surface area (Å²) < 4.78 is 0. The number of aliphatic hydroxyl groups is 1. The molecule has 82 valence electrons. The van der Waals surface area contributed by atoms with Crippen molar-refractivity contribution in [1.29, 1.82) is 0 Å². The van der Waals surface area contributed by atoms with E-state index >= 15 is 0 Å². The normalized spacial score (nSPS) is 12.4. The predicted molar refractivity (Wildman–Crippen MR) is 56.4 cm³/mol. The first-order valence-corrected chi connectivity index (χ1v) is 4.83. The van der Waals surface area contributed by atoms with Gasteiger partial charge in [0.05, 0.1) is 0 Å². The number of carboxylic acid groups (broad SMARTS) is 1. The number of rotatable bonds is 5. The maximum absolute atomic E-state index is 10.6. The molecule has 4 nitrogen and oxygen atoms in total. The first kappa shape index (κ1) is 11.7. The summed E-state index contributed by atoms with van der Waals surface area (Å²) in [6, 6.07) is 6.15. The third kappa shape index (κ3) is 3.34. The van der Waals surface area contributed by atoms with Gasteiger partial charge in [0.1, 0.15) is 6.04 Å². The van der Waals surface area contributed by atoms with Crippen LogP contribution in [0.5, 0.6) is 0 Å². The number of carbonyl (C=O) groups is 1. The van der Waals surface area contributed by atoms with Gasteiger partial charge in [-0.1, -0.05) is 24.3 Å². The van der Waals surface area contributed by atoms with E-state index in [0.29, 0.717) is 12.0 Å². The second kappa shape index (κ2) is 5.48. The average Bonchev–Trinajstić information content (AvgIpc) is 2.26. The minimum Gasteiger partial charge on any atom is -0.480 e. The van der Waals surface area contributed by atoms with E-state index < -0.39 is 12.0 Å². The number of aliphatic carboxylic acids is 1. The van der Waals surface area contributed by atoms with E-state index in [1.54, 1.807) is 12.1 Å². The molecule has 0 aliphatic rings. The van der Waals surface area contributed by atoms with Gasteiger partial charge in [-0.2, -0.15) is 0 Å². The van der Waals surface area contributed by atoms with Gasteiger partial charge in [0.15, 0.2) is 0 Å². The minimum atomic E-state index is -1.03. The van der Waals surface area contributed by atoms with Crippen LogP contribution < -0.4 is 5.73 Å². The Balaban J connectivity index is 2.67. The maximum atomic E-state index is 10.6. The topological polar surface area (TPSA) is 83.6 Å². The van der Waals surface area contributed by atoms with Gasteiger partial charge in [0.25, 0.3) is 0 Å². The Labute approximate surface area is 88.3 Å². The van der Waals surface area contributed by atoms with Crippen molar-refractivity contribution in [3.63, 3.8) is 0 Å². The van der Waals surface area contributed by atoms with Crippen LogP contribution in [0.1, 0.15) is 23.6 Å². The molecule has 0 saturated carbocycles. The first-order valence-electron chi connectivity index (χ1n) is 4.83. The minimum absolute atomic E-state index is 0.163. The summed E-state index contributed by atoms with van der Waals surface area (Å²) in [7, 11) is 0. The number of benzene rings is 1. The van der Waals surface area contributed by atoms with Crippen molar-refractivity contribution in [2.24, 2.45) is 5.73 Å². The highest BCUT2D eigenvalue weighted by molar-refractivity contribution is 5.75. The molecular weight excluding hydrogens is 194 g/mol. The fourth-order valence-electron chi connectivity index (χ4n) is 1.32. The number of aryl methyl sites for hydroxylation is 1. The predicted octanol–water partition coefficient (Wildman–Crippen LogP) is 0.696. The number of hydrogen-bond donors (Lipinski definition) is 3. The highest BCUT2D eigenvalue weighted by Gasteiger charge is 2.13. The lowest BCUT2D eigenvalue weighted by molar-refractivity contribution is -0.138. The molecule has 1 atom stereocenters. The third-order valence-corrected chi connectivity index (χ3v) is 2.23. The first-order chi connectivity index (χ1) is 7.15. The fourth-order valence-corrected chi connectivity index (χ4v) is 1.32. The molecule has 1 rings (SSSR count). The maximum Gasteiger partial charge on any atom is 0.325 e. The Morgan fingerprint density at radius 2 is 1.93 bits per heavy atom. The molecule has 0 heterocycles. The van der Waals surface area contributed by atoms with Crippen molar-refractivity contribution in [1.82, 2.24) is 0 Å². The van der Waals surface area contributed by atoms with Crippen LogP contribution in [0.3, 0.4) is 0 Å². The highest BCUT2D eigenvalue weighted by atomic mass is 16.4. The van der Waals surface area contributed by atoms with Crippen LogP contribution in [0.25, 0.3) is 0 Å². The van der Waals surface area contributed by atoms with Gasteiger partial charge in [-0.25, -0.2) is 0 Å². The van der Waals surface area contributed by atoms with Crippen molar-refractivity contribution in [2.45, 2.75) is 18.9 Å². The van der Waals surface area contributed by atoms with Crippen LogP contribution >= 0.6 is 0 Å². The van der Waals surface area contributed by atoms with Crippen molar-refractivity contribution in [3.8, 4) is 0 Å². The van der Waals surface area contributed by atoms with Gasteiger partial charge >= 0.3 is 5.97 Å². The Kier molecular flexibility index (Phi) is 4.27. The molecule has 0 amide bonds. The Hall–Kier alpha value is -1.39. The lowest BCUT2D eigenvalue weighted by Gasteiger charge is -2.07. The Morgan fingerprint density at radius 3 is 2.40 bits per heavy atom. The summed E-state index contributed by atoms with van der Waals surface area (Å²) in [5, 5.41) is 17.3. The number of nitrogens with two attached hydrogens (primary N) is 1. The average molecular weight is 209 g/mol. The summed E-state index contributed by atoms with van der Waals surface area (Å²) in [5.74, 6) is -1.03. The Bertz CT molecular complexity index is 321. The van der Waals surface area contributed by atoms with Crippen LogP contribution in [-0.4, -0.2) is 22.8 Å². The van der Waals surface area contributed by atoms with Crippen molar-refractivity contribution in [3.05, 3.63) is 35.4 Å². The van der Waals surface area contributed by atoms with E-state index in [4.69, 9.17) is 15.9 Å². The molecule has 15 heavy (non-hydrogen) atoms. The lowest BCUT2D eigenvalue weighted by Crippen LogP contribution is -2.20. The van der Waals surface area contributed by atoms with Crippen LogP contribution in [-0.2, 0) is 11.2 Å². The summed E-state index contributed by atoms with van der Waals surface area (Å²) in [4.78, 5) is 10.6. The van der Waals surface area contributed by atoms with Gasteiger partial charge < -0.3 is 15.9 Å². The van der Waals surface area contributed by atoms with E-state index in [2.05, 4.69) is 0 Å². The fraction of sp³-hybridized carbons (Fsp3) is 0.364. The van der Waals surface area contributed by atoms with Gasteiger partial charge in [-0.05, 0) is 24.0 Å². The number of hydrogen-bond acceptors (Lipinski definition) is 3. The summed E-state index contributed by atoms with van der Waals surface area (Å²) in [6.07, 6.45) is 1.50. The van der Waals surface area contributed by atoms with E-state index in [1.807, 2.05) is 12.1 Å². The lowest BCUT2D eigenvalue weighted by atomic mass is 10.0. The van der Waals surface area contributed by atoms with Gasteiger partial charge in [-0.15, -0.1) is 0 Å². The summed E-state index contributed by atoms with van der Waals surface area (Å²) >= 11 is 0. The van der Waals surface area contributed by atoms with Crippen LogP contribution in [0.15, 0.2) is 24.3 Å². The molecular formula is C11H15NO3. The van der Waals surface area contributed by atoms with E-state index in [0.717, 1.165) is 12.0 Å². The van der Waals surface area contributed by atoms with Crippen LogP contribution in [0, 0.1) is 0 Å². The molecule has 1 unspecified atom stereocenters. The van der Waals surface area contributed by atoms with Crippen molar-refractivity contribution in [2.75, 3.05) is 6.61 Å². The SMILES string of the molecule is NC(C(=O)O)c1ccc(CCCO)cc1. The molecule has 0 fully saturated rings. The molecule has 4 heteroatoms. The highest BCUT2D eigenvalue weighted by Crippen LogP contribution is 2.12. The standard InChI is InChI=1S/C11H15NO3/c12-10(11(14)15)9-5-3-8(4-6-9)2-1-7-13/h3-6,10,13H,1-2,7,12H2,(H,14,15). The Morgan fingerprint density at radius 1 is 1.33 bits per heavy atom. The summed E-state index contributed by atoms with van der Waals surface area (Å²) in [5.41, 5.74) is 7.12. The molecule has 0 bridgehead atoms. The van der Waals surface area contributed by atoms with Gasteiger partial charge in [-0.3, -0.25) is 4.79 Å². The van der Waals surface area contributed by atoms with Crippen LogP contribution in [0.2, 0.25) is 0 Å². The molecule has 0 spiro atoms. The van der Waals surface area contributed by atoms with Crippen LogP contribution in [0.4, 0.5) is 0 Å². The molecule has 1 aromatic rings. The molecule has 0 aliphatic heterocycles. The molecule has 0 saturated heterocycles. The second-order valence-corrected chi connectivity index (χ2v) is 3.38. The molecule has 0 radical (unpaired) electrons. The van der Waals surface area contributed by atoms with Crippen molar-refractivity contribution < 1.29 is 15.0 Å². The van der Waals surface area contributed by atoms with E-state index in [1.165, 1.54) is 0 Å². The number of carboxylic acids is 1. The zero-order valence-corrected chi connectivity index (χ0v) is 8.39. The number of aliphatic hydroxyl groups excluding tert-OH is 1. The molecule has 1 aromatic carbocycles. The largest absolute Gasteiger partial charge is 0.480 e. The van der Waals surface area contributed by atoms with Crippen molar-refractivity contribution >= 4 is 5.97 Å². The smallest absolute Gasteiger partial charge is 0.325 e. The monoisotopic (exact) mass is 209 g/mol. The molecule has 0 aromatic heterocycles. The molecule has 4 N–H and O–H groups in total.